The van der Waals surface area contributed by atoms with Crippen LogP contribution in [0.5, 0.6) is 0 Å². The van der Waals surface area contributed by atoms with Gasteiger partial charge in [0.1, 0.15) is 12.2 Å². The van der Waals surface area contributed by atoms with Crippen LogP contribution in [0.1, 0.15) is 20.3 Å². The number of hydrogen-bond acceptors (Lipinski definition) is 9. The second kappa shape index (κ2) is 12.0. The summed E-state index contributed by atoms with van der Waals surface area (Å²) >= 11 is 0. The van der Waals surface area contributed by atoms with Crippen molar-refractivity contribution in [3.05, 3.63) is 0 Å². The second-order valence-electron chi connectivity index (χ2n) is 9.68. The minimum absolute atomic E-state index is 0.0206. The number of primary amides is 1. The molecule has 0 aromatic carbocycles. The van der Waals surface area contributed by atoms with E-state index >= 15 is 0 Å². The topological polar surface area (TPSA) is 178 Å². The summed E-state index contributed by atoms with van der Waals surface area (Å²) in [5.74, 6) is -3.23. The van der Waals surface area contributed by atoms with Crippen LogP contribution in [-0.2, 0) is 38.2 Å². The van der Waals surface area contributed by atoms with Gasteiger partial charge >= 0.3 is 0 Å². The molecule has 0 spiro atoms. The van der Waals surface area contributed by atoms with E-state index in [1.54, 1.807) is 13.8 Å². The van der Waals surface area contributed by atoms with Crippen molar-refractivity contribution < 1.29 is 38.2 Å². The molecule has 14 nitrogen and oxygen atoms in total. The van der Waals surface area contributed by atoms with Gasteiger partial charge in [-0.05, 0) is 13.8 Å². The number of likely N-dealkylation sites (N-methyl/N-ethyl adjacent to an activating group) is 4. The maximum atomic E-state index is 12.8. The number of nitrogens with two attached hydrogens (primary N) is 2. The monoisotopic (exact) mass is 514 g/mol. The maximum Gasteiger partial charge on any atom is 0.242 e. The van der Waals surface area contributed by atoms with Gasteiger partial charge in [0.05, 0.1) is 44.8 Å². The molecule has 14 heteroatoms. The summed E-state index contributed by atoms with van der Waals surface area (Å²) in [5.41, 5.74) is 10.8. The summed E-state index contributed by atoms with van der Waals surface area (Å²) in [6, 6.07) is 0. The molecule has 4 N–H and O–H groups in total. The van der Waals surface area contributed by atoms with E-state index in [2.05, 4.69) is 0 Å². The summed E-state index contributed by atoms with van der Waals surface area (Å²) in [5, 5.41) is 0. The summed E-state index contributed by atoms with van der Waals surface area (Å²) in [4.78, 5) is 65.6. The van der Waals surface area contributed by atoms with Gasteiger partial charge in [-0.3, -0.25) is 24.0 Å². The summed E-state index contributed by atoms with van der Waals surface area (Å²) in [6.07, 6.45) is -1.78. The molecule has 204 valence electrons. The van der Waals surface area contributed by atoms with Crippen molar-refractivity contribution in [2.45, 2.75) is 50.5 Å². The molecule has 2 rings (SSSR count). The van der Waals surface area contributed by atoms with Gasteiger partial charge in [0.25, 0.3) is 0 Å². The zero-order valence-electron chi connectivity index (χ0n) is 21.8. The molecule has 0 aliphatic carbocycles. The largest absolute Gasteiger partial charge is 0.368 e. The maximum absolute atomic E-state index is 12.8. The van der Waals surface area contributed by atoms with E-state index in [1.807, 2.05) is 0 Å². The van der Waals surface area contributed by atoms with Gasteiger partial charge in [0.2, 0.25) is 29.5 Å². The molecule has 4 atom stereocenters. The average Bonchev–Trinajstić information content (AvgIpc) is 3.25. The van der Waals surface area contributed by atoms with Crippen LogP contribution in [0.3, 0.4) is 0 Å². The van der Waals surface area contributed by atoms with Crippen molar-refractivity contribution >= 4 is 29.5 Å². The smallest absolute Gasteiger partial charge is 0.242 e. The number of ether oxygens (including phenoxy) is 3. The fraction of sp³-hybridized carbons (Fsp3) is 0.773. The first kappa shape index (κ1) is 29.4. The fourth-order valence-corrected chi connectivity index (χ4v) is 4.01. The van der Waals surface area contributed by atoms with Crippen LogP contribution in [0, 0.1) is 0 Å². The van der Waals surface area contributed by atoms with Gasteiger partial charge in [-0.2, -0.15) is 0 Å². The lowest BCUT2D eigenvalue weighted by Gasteiger charge is -2.26. The third-order valence-electron chi connectivity index (χ3n) is 6.07. The van der Waals surface area contributed by atoms with Gasteiger partial charge < -0.3 is 45.3 Å². The van der Waals surface area contributed by atoms with Crippen LogP contribution >= 0.6 is 0 Å². The predicted molar refractivity (Wildman–Crippen MR) is 126 cm³/mol. The fourth-order valence-electron chi connectivity index (χ4n) is 4.01. The molecule has 0 aromatic rings. The Kier molecular flexibility index (Phi) is 9.77. The summed E-state index contributed by atoms with van der Waals surface area (Å²) in [7, 11) is 5.72. The minimum atomic E-state index is -0.806. The van der Waals surface area contributed by atoms with E-state index in [4.69, 9.17) is 25.7 Å². The molecule has 2 saturated heterocycles. The Bertz CT molecular complexity index is 867. The molecule has 0 saturated carbocycles. The lowest BCUT2D eigenvalue weighted by Crippen LogP contribution is -2.47. The number of fused-ring (bicyclic) bond motifs is 1. The molecule has 36 heavy (non-hydrogen) atoms. The van der Waals surface area contributed by atoms with Crippen molar-refractivity contribution in [2.24, 2.45) is 11.5 Å². The molecule has 5 amide bonds. The molecule has 2 aliphatic heterocycles. The van der Waals surface area contributed by atoms with Crippen LogP contribution in [0.15, 0.2) is 0 Å². The van der Waals surface area contributed by atoms with Gasteiger partial charge in [-0.15, -0.1) is 0 Å². The molecule has 0 radical (unpaired) electrons. The summed E-state index contributed by atoms with van der Waals surface area (Å²) < 4.78 is 17.6. The quantitative estimate of drug-likeness (QED) is 0.290. The van der Waals surface area contributed by atoms with Crippen LogP contribution in [0.2, 0.25) is 0 Å². The van der Waals surface area contributed by atoms with Gasteiger partial charge in [0.15, 0.2) is 5.79 Å². The van der Waals surface area contributed by atoms with Crippen LogP contribution in [0.4, 0.5) is 0 Å². The zero-order chi connectivity index (χ0) is 27.4. The van der Waals surface area contributed by atoms with Crippen molar-refractivity contribution in [1.82, 2.24) is 19.6 Å². The molecular weight excluding hydrogens is 476 g/mol. The predicted octanol–water partition coefficient (Wildman–Crippen LogP) is -3.06. The third kappa shape index (κ3) is 7.59. The first-order valence-electron chi connectivity index (χ1n) is 11.6. The Morgan fingerprint density at radius 2 is 1.08 bits per heavy atom. The van der Waals surface area contributed by atoms with E-state index in [-0.39, 0.29) is 51.2 Å². The van der Waals surface area contributed by atoms with E-state index < -0.39 is 47.7 Å². The Labute approximate surface area is 210 Å². The van der Waals surface area contributed by atoms with E-state index in [9.17, 15) is 24.0 Å². The van der Waals surface area contributed by atoms with Gasteiger partial charge in [-0.1, -0.05) is 0 Å². The number of nitrogens with zero attached hydrogens (tertiary/aromatic N) is 4. The van der Waals surface area contributed by atoms with Crippen LogP contribution in [0.25, 0.3) is 0 Å². The van der Waals surface area contributed by atoms with E-state index in [1.165, 1.54) is 38.0 Å². The molecule has 2 heterocycles. The number of rotatable bonds is 11. The normalized spacial score (nSPS) is 24.1. The first-order chi connectivity index (χ1) is 16.6. The Balaban J connectivity index is 1.83. The zero-order valence-corrected chi connectivity index (χ0v) is 21.8. The van der Waals surface area contributed by atoms with Crippen molar-refractivity contribution in [3.63, 3.8) is 0 Å². The highest BCUT2D eigenvalue weighted by Crippen LogP contribution is 2.39. The molecule has 2 aliphatic rings. The second-order valence-corrected chi connectivity index (χ2v) is 9.68. The number of amides is 5. The Morgan fingerprint density at radius 3 is 1.50 bits per heavy atom. The van der Waals surface area contributed by atoms with E-state index in [0.717, 1.165) is 9.80 Å². The van der Waals surface area contributed by atoms with Crippen molar-refractivity contribution in [2.75, 3.05) is 60.9 Å². The lowest BCUT2D eigenvalue weighted by molar-refractivity contribution is -0.187. The Morgan fingerprint density at radius 1 is 0.694 bits per heavy atom. The third-order valence-corrected chi connectivity index (χ3v) is 6.07. The highest BCUT2D eigenvalue weighted by Gasteiger charge is 2.55. The van der Waals surface area contributed by atoms with Crippen LogP contribution < -0.4 is 11.5 Å². The number of hydrogen-bond donors (Lipinski definition) is 2. The minimum Gasteiger partial charge on any atom is -0.368 e. The number of carbonyl (C=O) groups is 5. The standard InChI is InChI=1S/C22H38N6O8/c1-22(2)35-20-13(34-14(8-23)21(20)36-22)7-16(30)26(4)10-18(32)28(6)12-19(33)27(5)11-17(31)25(3)9-15(24)29/h13-14,20-21H,7-12,23H2,1-6H3,(H2,24,29)/t13-,14+,20-,21+/m0/s1. The molecule has 0 bridgehead atoms. The summed E-state index contributed by atoms with van der Waals surface area (Å²) in [6.45, 7) is 2.70. The number of carbonyl (C=O) groups excluding carboxylic acids is 5. The first-order valence-corrected chi connectivity index (χ1v) is 11.6. The molecule has 0 aromatic heterocycles. The van der Waals surface area contributed by atoms with Crippen LogP contribution in [-0.4, -0.2) is 140 Å². The highest BCUT2D eigenvalue weighted by atomic mass is 16.8. The molecular formula is C22H38N6O8. The highest BCUT2D eigenvalue weighted by molar-refractivity contribution is 5.90. The molecule has 0 unspecified atom stereocenters. The average molecular weight is 515 g/mol. The molecule has 2 fully saturated rings. The SMILES string of the molecule is CN(CC(N)=O)C(=O)CN(C)C(=O)CN(C)C(=O)CN(C)C(=O)C[C@@H]1O[C@H](CN)[C@H]2OC(C)(C)O[C@H]21. The van der Waals surface area contributed by atoms with Crippen molar-refractivity contribution in [3.8, 4) is 0 Å². The lowest BCUT2D eigenvalue weighted by atomic mass is 10.1. The van der Waals surface area contributed by atoms with Crippen molar-refractivity contribution in [1.29, 1.82) is 0 Å². The Hall–Kier alpha value is -2.81. The van der Waals surface area contributed by atoms with E-state index in [0.29, 0.717) is 0 Å². The van der Waals surface area contributed by atoms with Gasteiger partial charge in [0, 0.05) is 34.7 Å². The van der Waals surface area contributed by atoms with Gasteiger partial charge in [-0.25, -0.2) is 0 Å².